The quantitative estimate of drug-likeness (QED) is 0.875. The molecule has 0 aliphatic heterocycles. The highest BCUT2D eigenvalue weighted by Gasteiger charge is 2.34. The Kier molecular flexibility index (Phi) is 3.25. The second-order valence-electron chi connectivity index (χ2n) is 7.25. The van der Waals surface area contributed by atoms with Gasteiger partial charge in [0.1, 0.15) is 0 Å². The minimum Gasteiger partial charge on any atom is -0.369 e. The van der Waals surface area contributed by atoms with Crippen molar-refractivity contribution in [2.24, 2.45) is 22.3 Å². The van der Waals surface area contributed by atoms with Crippen LogP contribution in [0.3, 0.4) is 0 Å². The van der Waals surface area contributed by atoms with Gasteiger partial charge in [-0.15, -0.1) is 0 Å². The van der Waals surface area contributed by atoms with Crippen molar-refractivity contribution in [3.8, 4) is 0 Å². The van der Waals surface area contributed by atoms with Crippen LogP contribution in [0.1, 0.15) is 51.4 Å². The molecule has 0 aromatic carbocycles. The van der Waals surface area contributed by atoms with Gasteiger partial charge in [0.15, 0.2) is 0 Å². The third-order valence-electron chi connectivity index (χ3n) is 4.16. The Morgan fingerprint density at radius 3 is 2.74 bits per heavy atom. The Balaban J connectivity index is 2.34. The molecule has 0 saturated carbocycles. The molecule has 0 radical (unpaired) electrons. The van der Waals surface area contributed by atoms with E-state index < -0.39 is 5.41 Å². The lowest BCUT2D eigenvalue weighted by Gasteiger charge is -2.35. The topological polar surface area (TPSA) is 74.0 Å². The summed E-state index contributed by atoms with van der Waals surface area (Å²) in [5.74, 6) is -0.269. The molecule has 0 spiro atoms. The van der Waals surface area contributed by atoms with E-state index in [4.69, 9.17) is 11.5 Å². The summed E-state index contributed by atoms with van der Waals surface area (Å²) < 4.78 is 2.15. The monoisotopic (exact) mass is 263 g/mol. The fourth-order valence-corrected chi connectivity index (χ4v) is 2.95. The van der Waals surface area contributed by atoms with Crippen LogP contribution in [-0.2, 0) is 17.8 Å². The maximum Gasteiger partial charge on any atom is 0.224 e. The number of amides is 1. The molecule has 1 aliphatic carbocycles. The zero-order valence-electron chi connectivity index (χ0n) is 12.4. The van der Waals surface area contributed by atoms with E-state index in [0.717, 1.165) is 12.8 Å². The molecule has 1 atom stereocenters. The minimum atomic E-state index is -0.543. The summed E-state index contributed by atoms with van der Waals surface area (Å²) >= 11 is 0. The normalized spacial score (nSPS) is 22.1. The molecule has 19 heavy (non-hydrogen) atoms. The van der Waals surface area contributed by atoms with E-state index in [9.17, 15) is 4.79 Å². The number of hydrogen-bond donors (Lipinski definition) is 2. The number of aromatic nitrogens is 1. The number of hydrogen-bond acceptors (Lipinski definition) is 2. The van der Waals surface area contributed by atoms with Crippen molar-refractivity contribution >= 4 is 5.91 Å². The van der Waals surface area contributed by atoms with Crippen LogP contribution >= 0.6 is 0 Å². The molecule has 4 nitrogen and oxygen atoms in total. The molecule has 4 N–H and O–H groups in total. The van der Waals surface area contributed by atoms with Gasteiger partial charge in [-0.05, 0) is 43.7 Å². The lowest BCUT2D eigenvalue weighted by Crippen LogP contribution is -2.37. The van der Waals surface area contributed by atoms with E-state index >= 15 is 0 Å². The Labute approximate surface area is 115 Å². The molecule has 2 rings (SSSR count). The van der Waals surface area contributed by atoms with E-state index in [1.807, 2.05) is 20.0 Å². The van der Waals surface area contributed by atoms with E-state index in [1.54, 1.807) is 0 Å². The molecular formula is C15H25N3O. The van der Waals surface area contributed by atoms with E-state index in [-0.39, 0.29) is 17.4 Å². The Hall–Kier alpha value is -1.29. The largest absolute Gasteiger partial charge is 0.369 e. The standard InChI is InChI=1S/C15H25N3O/c1-14(2)7-11(16)10-5-6-18(12(10)8-14)9-15(3,4)13(17)19/h5-6,11H,7-9,16H2,1-4H3,(H2,17,19). The average molecular weight is 263 g/mol. The number of carbonyl (C=O) groups is 1. The third kappa shape index (κ3) is 2.68. The SMILES string of the molecule is CC1(C)Cc2c(ccn2CC(C)(C)C(N)=O)C(N)C1. The third-order valence-corrected chi connectivity index (χ3v) is 4.16. The number of fused-ring (bicyclic) bond motifs is 1. The number of rotatable bonds is 3. The highest BCUT2D eigenvalue weighted by Crippen LogP contribution is 2.40. The van der Waals surface area contributed by atoms with Crippen LogP contribution in [0.4, 0.5) is 0 Å². The van der Waals surface area contributed by atoms with E-state index in [1.165, 1.54) is 11.3 Å². The van der Waals surface area contributed by atoms with Crippen LogP contribution in [0.15, 0.2) is 12.3 Å². The summed E-state index contributed by atoms with van der Waals surface area (Å²) in [6, 6.07) is 2.18. The van der Waals surface area contributed by atoms with Crippen molar-refractivity contribution in [1.29, 1.82) is 0 Å². The van der Waals surface area contributed by atoms with Gasteiger partial charge in [0.2, 0.25) is 5.91 Å². The highest BCUT2D eigenvalue weighted by atomic mass is 16.1. The van der Waals surface area contributed by atoms with Gasteiger partial charge in [-0.3, -0.25) is 4.79 Å². The van der Waals surface area contributed by atoms with Gasteiger partial charge in [-0.2, -0.15) is 0 Å². The van der Waals surface area contributed by atoms with Crippen molar-refractivity contribution in [2.75, 3.05) is 0 Å². The molecular weight excluding hydrogens is 238 g/mol. The first-order chi connectivity index (χ1) is 8.62. The number of carbonyl (C=O) groups excluding carboxylic acids is 1. The lowest BCUT2D eigenvalue weighted by atomic mass is 9.74. The molecule has 1 aliphatic rings. The first kappa shape index (κ1) is 14.1. The minimum absolute atomic E-state index is 0.0942. The average Bonchev–Trinajstić information content (AvgIpc) is 2.59. The van der Waals surface area contributed by atoms with Crippen molar-refractivity contribution < 1.29 is 4.79 Å². The van der Waals surface area contributed by atoms with Crippen molar-refractivity contribution in [3.05, 3.63) is 23.5 Å². The van der Waals surface area contributed by atoms with Crippen LogP contribution in [0.2, 0.25) is 0 Å². The Morgan fingerprint density at radius 1 is 1.53 bits per heavy atom. The summed E-state index contributed by atoms with van der Waals surface area (Å²) in [6.45, 7) is 8.87. The van der Waals surface area contributed by atoms with Gasteiger partial charge in [0.05, 0.1) is 5.41 Å². The van der Waals surface area contributed by atoms with Gasteiger partial charge >= 0.3 is 0 Å². The van der Waals surface area contributed by atoms with Crippen LogP contribution in [-0.4, -0.2) is 10.5 Å². The van der Waals surface area contributed by atoms with E-state index in [2.05, 4.69) is 24.5 Å². The molecule has 1 heterocycles. The molecule has 1 amide bonds. The fourth-order valence-electron chi connectivity index (χ4n) is 2.95. The molecule has 1 aromatic rings. The molecule has 0 fully saturated rings. The maximum absolute atomic E-state index is 11.5. The number of primary amides is 1. The zero-order chi connectivity index (χ0) is 14.4. The molecule has 1 aromatic heterocycles. The smallest absolute Gasteiger partial charge is 0.224 e. The molecule has 106 valence electrons. The molecule has 1 unspecified atom stereocenters. The summed E-state index contributed by atoms with van der Waals surface area (Å²) in [6.07, 6.45) is 4.04. The van der Waals surface area contributed by atoms with Crippen LogP contribution < -0.4 is 11.5 Å². The first-order valence-electron chi connectivity index (χ1n) is 6.86. The summed E-state index contributed by atoms with van der Waals surface area (Å²) in [5, 5.41) is 0. The first-order valence-corrected chi connectivity index (χ1v) is 6.86. The highest BCUT2D eigenvalue weighted by molar-refractivity contribution is 5.79. The molecule has 4 heteroatoms. The van der Waals surface area contributed by atoms with Gasteiger partial charge in [-0.1, -0.05) is 13.8 Å². The predicted molar refractivity (Wildman–Crippen MR) is 76.4 cm³/mol. The van der Waals surface area contributed by atoms with Crippen LogP contribution in [0.25, 0.3) is 0 Å². The lowest BCUT2D eigenvalue weighted by molar-refractivity contribution is -0.126. The second kappa shape index (κ2) is 4.37. The number of nitrogens with two attached hydrogens (primary N) is 2. The molecule has 0 bridgehead atoms. The van der Waals surface area contributed by atoms with Gasteiger partial charge in [0, 0.05) is 24.5 Å². The fraction of sp³-hybridized carbons (Fsp3) is 0.667. The van der Waals surface area contributed by atoms with E-state index in [0.29, 0.717) is 6.54 Å². The van der Waals surface area contributed by atoms with Gasteiger partial charge < -0.3 is 16.0 Å². The van der Waals surface area contributed by atoms with Crippen molar-refractivity contribution in [1.82, 2.24) is 4.57 Å². The van der Waals surface area contributed by atoms with Crippen molar-refractivity contribution in [3.63, 3.8) is 0 Å². The number of nitrogens with zero attached hydrogens (tertiary/aromatic N) is 1. The van der Waals surface area contributed by atoms with Crippen LogP contribution in [0, 0.1) is 10.8 Å². The Morgan fingerprint density at radius 2 is 2.16 bits per heavy atom. The zero-order valence-corrected chi connectivity index (χ0v) is 12.4. The van der Waals surface area contributed by atoms with Gasteiger partial charge in [-0.25, -0.2) is 0 Å². The van der Waals surface area contributed by atoms with Crippen molar-refractivity contribution in [2.45, 2.75) is 53.1 Å². The van der Waals surface area contributed by atoms with Gasteiger partial charge in [0.25, 0.3) is 0 Å². The summed E-state index contributed by atoms with van der Waals surface area (Å²) in [7, 11) is 0. The van der Waals surface area contributed by atoms with Crippen LogP contribution in [0.5, 0.6) is 0 Å². The predicted octanol–water partition coefficient (Wildman–Crippen LogP) is 1.97. The summed E-state index contributed by atoms with van der Waals surface area (Å²) in [5.41, 5.74) is 13.9. The molecule has 0 saturated heterocycles. The maximum atomic E-state index is 11.5. The summed E-state index contributed by atoms with van der Waals surface area (Å²) in [4.78, 5) is 11.5. The second-order valence-corrected chi connectivity index (χ2v) is 7.25. The Bertz CT molecular complexity index is 499.